The number of sulfonamides is 1. The largest absolute Gasteiger partial charge is 0.497 e. The molecule has 3 aromatic carbocycles. The molecular weight excluding hydrogens is 542 g/mol. The highest BCUT2D eigenvalue weighted by molar-refractivity contribution is 7.92. The Morgan fingerprint density at radius 3 is 2.07 bits per heavy atom. The third-order valence-electron chi connectivity index (χ3n) is 6.34. The van der Waals surface area contributed by atoms with Crippen LogP contribution in [0.15, 0.2) is 83.8 Å². The molecule has 3 aromatic rings. The minimum absolute atomic E-state index is 0.00631. The molecule has 220 valence electrons. The molecule has 0 aliphatic rings. The van der Waals surface area contributed by atoms with Crippen LogP contribution in [0.2, 0.25) is 0 Å². The van der Waals surface area contributed by atoms with Gasteiger partial charge < -0.3 is 19.7 Å². The number of amides is 2. The summed E-state index contributed by atoms with van der Waals surface area (Å²) >= 11 is 0. The third-order valence-corrected chi connectivity index (χ3v) is 8.13. The maximum atomic E-state index is 14.1. The second kappa shape index (κ2) is 13.5. The van der Waals surface area contributed by atoms with Crippen LogP contribution in [-0.2, 0) is 26.2 Å². The molecule has 0 unspecified atom stereocenters. The number of nitrogens with zero attached hydrogens (tertiary/aromatic N) is 2. The standard InChI is InChI=1S/C31H39N3O6S/c1-7-28(30(36)32-31(2,3)4)33(21-23-12-11-15-26(20-23)40-6)29(35)22-34(24-13-9-8-10-14-24)41(37,38)27-18-16-25(39-5)17-19-27/h8-20,28H,7,21-22H2,1-6H3,(H,32,36)/t28-/m1/s1. The lowest BCUT2D eigenvalue weighted by Gasteiger charge is -2.34. The van der Waals surface area contributed by atoms with Crippen LogP contribution in [0.4, 0.5) is 5.69 Å². The number of benzene rings is 3. The van der Waals surface area contributed by atoms with E-state index in [1.807, 2.05) is 33.8 Å². The highest BCUT2D eigenvalue weighted by Crippen LogP contribution is 2.26. The molecule has 0 saturated carbocycles. The van der Waals surface area contributed by atoms with Crippen molar-refractivity contribution in [3.05, 3.63) is 84.4 Å². The lowest BCUT2D eigenvalue weighted by Crippen LogP contribution is -2.55. The Bertz CT molecular complexity index is 1420. The van der Waals surface area contributed by atoms with Crippen molar-refractivity contribution in [2.45, 2.75) is 57.1 Å². The Hall–Kier alpha value is -4.05. The average Bonchev–Trinajstić information content (AvgIpc) is 2.95. The molecule has 2 amide bonds. The van der Waals surface area contributed by atoms with Crippen molar-refractivity contribution < 1.29 is 27.5 Å². The molecule has 0 bridgehead atoms. The van der Waals surface area contributed by atoms with Gasteiger partial charge in [-0.05, 0) is 81.3 Å². The van der Waals surface area contributed by atoms with E-state index in [4.69, 9.17) is 9.47 Å². The van der Waals surface area contributed by atoms with E-state index in [1.165, 1.54) is 24.1 Å². The van der Waals surface area contributed by atoms with Crippen LogP contribution in [0.25, 0.3) is 0 Å². The number of ether oxygens (including phenoxy) is 2. The fourth-order valence-corrected chi connectivity index (χ4v) is 5.75. The van der Waals surface area contributed by atoms with Crippen molar-refractivity contribution in [2.24, 2.45) is 0 Å². The molecule has 0 fully saturated rings. The Balaban J connectivity index is 2.05. The molecule has 9 nitrogen and oxygen atoms in total. The van der Waals surface area contributed by atoms with E-state index in [9.17, 15) is 18.0 Å². The summed E-state index contributed by atoms with van der Waals surface area (Å²) in [6.07, 6.45) is 0.328. The van der Waals surface area contributed by atoms with Gasteiger partial charge in [-0.3, -0.25) is 13.9 Å². The zero-order valence-electron chi connectivity index (χ0n) is 24.5. The Morgan fingerprint density at radius 2 is 1.51 bits per heavy atom. The zero-order valence-corrected chi connectivity index (χ0v) is 25.3. The molecular formula is C31H39N3O6S. The third kappa shape index (κ3) is 8.23. The highest BCUT2D eigenvalue weighted by Gasteiger charge is 2.34. The Kier molecular flexibility index (Phi) is 10.4. The van der Waals surface area contributed by atoms with E-state index in [0.29, 0.717) is 23.6 Å². The van der Waals surface area contributed by atoms with Gasteiger partial charge in [-0.25, -0.2) is 8.42 Å². The van der Waals surface area contributed by atoms with E-state index in [1.54, 1.807) is 67.8 Å². The zero-order chi connectivity index (χ0) is 30.2. The first-order valence-corrected chi connectivity index (χ1v) is 14.8. The predicted molar refractivity (Wildman–Crippen MR) is 159 cm³/mol. The smallest absolute Gasteiger partial charge is 0.264 e. The van der Waals surface area contributed by atoms with Gasteiger partial charge in [-0.2, -0.15) is 0 Å². The minimum Gasteiger partial charge on any atom is -0.497 e. The highest BCUT2D eigenvalue weighted by atomic mass is 32.2. The summed E-state index contributed by atoms with van der Waals surface area (Å²) in [4.78, 5) is 29.0. The molecule has 0 aromatic heterocycles. The van der Waals surface area contributed by atoms with Gasteiger partial charge in [0.2, 0.25) is 11.8 Å². The fourth-order valence-electron chi connectivity index (χ4n) is 4.34. The van der Waals surface area contributed by atoms with Gasteiger partial charge in [0.05, 0.1) is 24.8 Å². The molecule has 41 heavy (non-hydrogen) atoms. The first kappa shape index (κ1) is 31.5. The Labute approximate surface area is 243 Å². The average molecular weight is 582 g/mol. The van der Waals surface area contributed by atoms with E-state index < -0.39 is 34.1 Å². The molecule has 0 radical (unpaired) electrons. The number of para-hydroxylation sites is 1. The first-order chi connectivity index (χ1) is 19.4. The van der Waals surface area contributed by atoms with Crippen molar-refractivity contribution in [1.82, 2.24) is 10.2 Å². The predicted octanol–water partition coefficient (Wildman–Crippen LogP) is 4.62. The van der Waals surface area contributed by atoms with Crippen molar-refractivity contribution in [2.75, 3.05) is 25.1 Å². The quantitative estimate of drug-likeness (QED) is 0.335. The van der Waals surface area contributed by atoms with Crippen LogP contribution < -0.4 is 19.1 Å². The second-order valence-corrected chi connectivity index (χ2v) is 12.4. The summed E-state index contributed by atoms with van der Waals surface area (Å²) in [6, 6.07) is 20.8. The van der Waals surface area contributed by atoms with Crippen molar-refractivity contribution >= 4 is 27.5 Å². The van der Waals surface area contributed by atoms with Gasteiger partial charge in [0.25, 0.3) is 10.0 Å². The van der Waals surface area contributed by atoms with Gasteiger partial charge >= 0.3 is 0 Å². The maximum absolute atomic E-state index is 14.1. The number of hydrogen-bond acceptors (Lipinski definition) is 6. The van der Waals surface area contributed by atoms with Gasteiger partial charge in [-0.15, -0.1) is 0 Å². The van der Waals surface area contributed by atoms with Crippen LogP contribution in [0.5, 0.6) is 11.5 Å². The van der Waals surface area contributed by atoms with Gasteiger partial charge in [0.15, 0.2) is 0 Å². The summed E-state index contributed by atoms with van der Waals surface area (Å²) in [5, 5.41) is 2.96. The topological polar surface area (TPSA) is 105 Å². The van der Waals surface area contributed by atoms with E-state index in [0.717, 1.165) is 9.87 Å². The number of anilines is 1. The van der Waals surface area contributed by atoms with Gasteiger partial charge in [0, 0.05) is 12.1 Å². The van der Waals surface area contributed by atoms with Crippen LogP contribution in [0, 0.1) is 0 Å². The molecule has 1 atom stereocenters. The number of carbonyl (C=O) groups excluding carboxylic acids is 2. The van der Waals surface area contributed by atoms with Crippen LogP contribution in [-0.4, -0.2) is 57.5 Å². The molecule has 3 rings (SSSR count). The summed E-state index contributed by atoms with van der Waals surface area (Å²) in [5.74, 6) is 0.270. The Morgan fingerprint density at radius 1 is 0.878 bits per heavy atom. The number of rotatable bonds is 12. The molecule has 0 saturated heterocycles. The lowest BCUT2D eigenvalue weighted by molar-refractivity contribution is -0.141. The number of methoxy groups -OCH3 is 2. The second-order valence-electron chi connectivity index (χ2n) is 10.6. The summed E-state index contributed by atoms with van der Waals surface area (Å²) in [7, 11) is -1.12. The summed E-state index contributed by atoms with van der Waals surface area (Å²) in [6.45, 7) is 6.99. The normalized spacial score (nSPS) is 12.2. The van der Waals surface area contributed by atoms with Crippen molar-refractivity contribution in [1.29, 1.82) is 0 Å². The molecule has 1 N–H and O–H groups in total. The van der Waals surface area contributed by atoms with Gasteiger partial charge in [0.1, 0.15) is 24.1 Å². The van der Waals surface area contributed by atoms with Crippen LogP contribution in [0.3, 0.4) is 0 Å². The number of hydrogen-bond donors (Lipinski definition) is 1. The minimum atomic E-state index is -4.16. The summed E-state index contributed by atoms with van der Waals surface area (Å²) in [5.41, 5.74) is 0.539. The monoisotopic (exact) mass is 581 g/mol. The van der Waals surface area contributed by atoms with E-state index in [-0.39, 0.29) is 17.3 Å². The van der Waals surface area contributed by atoms with Crippen molar-refractivity contribution in [3.63, 3.8) is 0 Å². The molecule has 0 aliphatic heterocycles. The summed E-state index contributed by atoms with van der Waals surface area (Å²) < 4.78 is 39.4. The lowest BCUT2D eigenvalue weighted by atomic mass is 10.1. The maximum Gasteiger partial charge on any atom is 0.264 e. The number of nitrogens with one attached hydrogen (secondary N) is 1. The molecule has 0 spiro atoms. The van der Waals surface area contributed by atoms with Crippen LogP contribution in [0.1, 0.15) is 39.7 Å². The number of carbonyl (C=O) groups is 2. The van der Waals surface area contributed by atoms with E-state index in [2.05, 4.69) is 5.32 Å². The fraction of sp³-hybridized carbons (Fsp3) is 0.355. The van der Waals surface area contributed by atoms with E-state index >= 15 is 0 Å². The molecule has 0 heterocycles. The van der Waals surface area contributed by atoms with Crippen molar-refractivity contribution in [3.8, 4) is 11.5 Å². The van der Waals surface area contributed by atoms with Crippen LogP contribution >= 0.6 is 0 Å². The first-order valence-electron chi connectivity index (χ1n) is 13.4. The molecule has 10 heteroatoms. The molecule has 0 aliphatic carbocycles. The van der Waals surface area contributed by atoms with Gasteiger partial charge in [-0.1, -0.05) is 37.3 Å². The SMILES string of the molecule is CC[C@H](C(=O)NC(C)(C)C)N(Cc1cccc(OC)c1)C(=O)CN(c1ccccc1)S(=O)(=O)c1ccc(OC)cc1.